The van der Waals surface area contributed by atoms with Crippen LogP contribution < -0.4 is 5.32 Å². The minimum Gasteiger partial charge on any atom is -0.313 e. The van der Waals surface area contributed by atoms with Crippen LogP contribution in [0.25, 0.3) is 0 Å². The third kappa shape index (κ3) is 4.20. The van der Waals surface area contributed by atoms with E-state index >= 15 is 0 Å². The maximum absolute atomic E-state index is 3.82. The summed E-state index contributed by atoms with van der Waals surface area (Å²) in [5.41, 5.74) is 0. The lowest BCUT2D eigenvalue weighted by Gasteiger charge is -2.35. The van der Waals surface area contributed by atoms with Gasteiger partial charge in [-0.05, 0) is 64.2 Å². The van der Waals surface area contributed by atoms with Crippen LogP contribution in [-0.4, -0.2) is 61.2 Å². The molecule has 2 saturated heterocycles. The maximum atomic E-state index is 3.82. The first-order valence-corrected chi connectivity index (χ1v) is 9.56. The van der Waals surface area contributed by atoms with Crippen LogP contribution in [0.5, 0.6) is 0 Å². The van der Waals surface area contributed by atoms with Crippen molar-refractivity contribution in [1.29, 1.82) is 0 Å². The zero-order chi connectivity index (χ0) is 14.5. The van der Waals surface area contributed by atoms with Crippen molar-refractivity contribution in [3.8, 4) is 0 Å². The highest BCUT2D eigenvalue weighted by atomic mass is 15.3. The fraction of sp³-hybridized carbons (Fsp3) is 1.00. The molecule has 1 N–H and O–H groups in total. The number of hydrogen-bond donors (Lipinski definition) is 1. The van der Waals surface area contributed by atoms with Gasteiger partial charge in [0.15, 0.2) is 0 Å². The highest BCUT2D eigenvalue weighted by Gasteiger charge is 2.31. The largest absolute Gasteiger partial charge is 0.313 e. The van der Waals surface area contributed by atoms with Gasteiger partial charge in [-0.25, -0.2) is 0 Å². The van der Waals surface area contributed by atoms with Crippen molar-refractivity contribution in [3.05, 3.63) is 0 Å². The Labute approximate surface area is 131 Å². The monoisotopic (exact) mass is 293 g/mol. The zero-order valence-electron chi connectivity index (χ0n) is 14.0. The van der Waals surface area contributed by atoms with Gasteiger partial charge in [-0.1, -0.05) is 26.2 Å². The number of likely N-dealkylation sites (N-methyl/N-ethyl adjacent to an activating group) is 1. The lowest BCUT2D eigenvalue weighted by molar-refractivity contribution is 0.170. The average molecular weight is 293 g/mol. The summed E-state index contributed by atoms with van der Waals surface area (Å²) in [6.07, 6.45) is 11.5. The van der Waals surface area contributed by atoms with Crippen molar-refractivity contribution >= 4 is 0 Å². The molecule has 0 aromatic rings. The van der Waals surface area contributed by atoms with Crippen LogP contribution in [0.15, 0.2) is 0 Å². The Morgan fingerprint density at radius 2 is 1.76 bits per heavy atom. The Morgan fingerprint density at radius 3 is 2.57 bits per heavy atom. The molecule has 2 heterocycles. The number of nitrogens with one attached hydrogen (secondary N) is 1. The summed E-state index contributed by atoms with van der Waals surface area (Å²) in [5, 5.41) is 3.82. The number of fused-ring (bicyclic) bond motifs is 1. The molecule has 0 spiro atoms. The molecule has 0 amide bonds. The third-order valence-electron chi connectivity index (χ3n) is 6.03. The predicted molar refractivity (Wildman–Crippen MR) is 89.7 cm³/mol. The van der Waals surface area contributed by atoms with E-state index in [2.05, 4.69) is 22.0 Å². The number of rotatable bonds is 5. The summed E-state index contributed by atoms with van der Waals surface area (Å²) in [6, 6.07) is 1.60. The molecule has 1 aliphatic carbocycles. The van der Waals surface area contributed by atoms with Gasteiger partial charge in [0.25, 0.3) is 0 Å². The molecule has 3 nitrogen and oxygen atoms in total. The molecule has 2 aliphatic heterocycles. The fourth-order valence-corrected chi connectivity index (χ4v) is 4.91. The number of nitrogens with zero attached hydrogens (tertiary/aromatic N) is 2. The van der Waals surface area contributed by atoms with E-state index in [1.807, 2.05) is 0 Å². The Morgan fingerprint density at radius 1 is 0.952 bits per heavy atom. The normalized spacial score (nSPS) is 31.0. The van der Waals surface area contributed by atoms with Gasteiger partial charge in [-0.15, -0.1) is 0 Å². The van der Waals surface area contributed by atoms with Crippen molar-refractivity contribution in [2.24, 2.45) is 5.92 Å². The molecule has 3 heteroatoms. The molecule has 21 heavy (non-hydrogen) atoms. The van der Waals surface area contributed by atoms with Gasteiger partial charge < -0.3 is 10.2 Å². The molecule has 0 aromatic heterocycles. The summed E-state index contributed by atoms with van der Waals surface area (Å²) >= 11 is 0. The molecule has 3 fully saturated rings. The van der Waals surface area contributed by atoms with Crippen molar-refractivity contribution in [2.75, 3.05) is 39.3 Å². The summed E-state index contributed by atoms with van der Waals surface area (Å²) in [4.78, 5) is 5.54. The minimum atomic E-state index is 0.739. The second-order valence-corrected chi connectivity index (χ2v) is 7.51. The topological polar surface area (TPSA) is 18.5 Å². The smallest absolute Gasteiger partial charge is 0.0223 e. The lowest BCUT2D eigenvalue weighted by Crippen LogP contribution is -2.48. The van der Waals surface area contributed by atoms with Crippen LogP contribution in [-0.2, 0) is 0 Å². The van der Waals surface area contributed by atoms with Crippen LogP contribution in [0.4, 0.5) is 0 Å². The third-order valence-corrected chi connectivity index (χ3v) is 6.03. The van der Waals surface area contributed by atoms with Gasteiger partial charge in [0.1, 0.15) is 0 Å². The number of hydrogen-bond acceptors (Lipinski definition) is 3. The summed E-state index contributed by atoms with van der Waals surface area (Å²) in [7, 11) is 0. The molecular weight excluding hydrogens is 258 g/mol. The SMILES string of the molecule is CCNC(CN1CCCN2CCCC2C1)C1CCCCC1. The van der Waals surface area contributed by atoms with Gasteiger partial charge in [0, 0.05) is 25.2 Å². The Hall–Kier alpha value is -0.120. The Kier molecular flexibility index (Phi) is 5.96. The molecule has 0 aromatic carbocycles. The molecule has 122 valence electrons. The van der Waals surface area contributed by atoms with E-state index in [0.29, 0.717) is 0 Å². The molecule has 2 unspecified atom stereocenters. The highest BCUT2D eigenvalue weighted by molar-refractivity contribution is 4.88. The van der Waals surface area contributed by atoms with Crippen LogP contribution >= 0.6 is 0 Å². The van der Waals surface area contributed by atoms with Crippen molar-refractivity contribution in [3.63, 3.8) is 0 Å². The lowest BCUT2D eigenvalue weighted by atomic mass is 9.83. The summed E-state index contributed by atoms with van der Waals surface area (Å²) < 4.78 is 0. The van der Waals surface area contributed by atoms with E-state index in [1.165, 1.54) is 84.1 Å². The van der Waals surface area contributed by atoms with E-state index in [0.717, 1.165) is 24.5 Å². The molecule has 3 rings (SSSR count). The molecule has 0 radical (unpaired) electrons. The maximum Gasteiger partial charge on any atom is 0.0223 e. The average Bonchev–Trinajstić information content (AvgIpc) is 2.86. The van der Waals surface area contributed by atoms with Gasteiger partial charge in [0.05, 0.1) is 0 Å². The standard InChI is InChI=1S/C18H35N3/c1-2-19-18(16-8-4-3-5-9-16)15-20-11-7-13-21-12-6-10-17(21)14-20/h16-19H,2-15H2,1H3. The second-order valence-electron chi connectivity index (χ2n) is 7.51. The first kappa shape index (κ1) is 15.8. The molecular formula is C18H35N3. The predicted octanol–water partition coefficient (Wildman–Crippen LogP) is 2.71. The highest BCUT2D eigenvalue weighted by Crippen LogP contribution is 2.28. The molecule has 1 saturated carbocycles. The summed E-state index contributed by atoms with van der Waals surface area (Å²) in [5.74, 6) is 0.932. The van der Waals surface area contributed by atoms with Crippen LogP contribution in [0.2, 0.25) is 0 Å². The van der Waals surface area contributed by atoms with Crippen LogP contribution in [0.1, 0.15) is 58.3 Å². The Balaban J connectivity index is 1.56. The van der Waals surface area contributed by atoms with E-state index in [1.54, 1.807) is 0 Å². The van der Waals surface area contributed by atoms with Crippen molar-refractivity contribution < 1.29 is 0 Å². The van der Waals surface area contributed by atoms with Crippen LogP contribution in [0, 0.1) is 5.92 Å². The van der Waals surface area contributed by atoms with Crippen molar-refractivity contribution in [2.45, 2.75) is 70.4 Å². The van der Waals surface area contributed by atoms with E-state index < -0.39 is 0 Å². The second kappa shape index (κ2) is 7.94. The van der Waals surface area contributed by atoms with E-state index in [-0.39, 0.29) is 0 Å². The summed E-state index contributed by atoms with van der Waals surface area (Å²) in [6.45, 7) is 10.1. The Bertz CT molecular complexity index is 301. The quantitative estimate of drug-likeness (QED) is 0.841. The van der Waals surface area contributed by atoms with Gasteiger partial charge in [-0.3, -0.25) is 4.90 Å². The van der Waals surface area contributed by atoms with Crippen LogP contribution in [0.3, 0.4) is 0 Å². The van der Waals surface area contributed by atoms with Gasteiger partial charge >= 0.3 is 0 Å². The first-order valence-electron chi connectivity index (χ1n) is 9.56. The fourth-order valence-electron chi connectivity index (χ4n) is 4.91. The van der Waals surface area contributed by atoms with Crippen molar-refractivity contribution in [1.82, 2.24) is 15.1 Å². The van der Waals surface area contributed by atoms with E-state index in [9.17, 15) is 0 Å². The molecule has 2 atom stereocenters. The first-order chi connectivity index (χ1) is 10.4. The molecule has 0 bridgehead atoms. The van der Waals surface area contributed by atoms with Gasteiger partial charge in [0.2, 0.25) is 0 Å². The van der Waals surface area contributed by atoms with E-state index in [4.69, 9.17) is 0 Å². The zero-order valence-corrected chi connectivity index (χ0v) is 14.0. The van der Waals surface area contributed by atoms with Gasteiger partial charge in [-0.2, -0.15) is 0 Å². The minimum absolute atomic E-state index is 0.739. The molecule has 3 aliphatic rings.